The number of nitrogens with one attached hydrogen (secondary N) is 1. The van der Waals surface area contributed by atoms with Crippen LogP contribution in [0.25, 0.3) is 11.2 Å². The van der Waals surface area contributed by atoms with E-state index in [1.807, 2.05) is 0 Å². The summed E-state index contributed by atoms with van der Waals surface area (Å²) in [5, 5.41) is 6.98. The van der Waals surface area contributed by atoms with E-state index in [4.69, 9.17) is 10.5 Å². The monoisotopic (exact) mass is 407 g/mol. The van der Waals surface area contributed by atoms with E-state index in [-0.39, 0.29) is 24.1 Å². The average Bonchev–Trinajstić information content (AvgIpc) is 3.08. The third-order valence-corrected chi connectivity index (χ3v) is 4.26. The van der Waals surface area contributed by atoms with Crippen LogP contribution in [0.4, 0.5) is 14.6 Å². The second kappa shape index (κ2) is 9.92. The van der Waals surface area contributed by atoms with Crippen molar-refractivity contribution in [1.29, 1.82) is 0 Å². The number of aromatic nitrogens is 4. The van der Waals surface area contributed by atoms with Crippen molar-refractivity contribution in [1.82, 2.24) is 25.1 Å². The highest BCUT2D eigenvalue weighted by Crippen LogP contribution is 2.20. The summed E-state index contributed by atoms with van der Waals surface area (Å²) in [6, 6.07) is 0. The van der Waals surface area contributed by atoms with E-state index in [0.717, 1.165) is 32.1 Å². The zero-order chi connectivity index (χ0) is 20.6. The lowest BCUT2D eigenvalue weighted by Gasteiger charge is -2.21. The number of nitrogens with zero attached hydrogens (tertiary/aromatic N) is 5. The molecule has 156 valence electrons. The molecular weight excluding hydrogens is 384 g/mol. The third kappa shape index (κ3) is 5.95. The predicted molar refractivity (Wildman–Crippen MR) is 104 cm³/mol. The predicted octanol–water partition coefficient (Wildman–Crippen LogP) is 2.10. The molecule has 1 fully saturated rings. The van der Waals surface area contributed by atoms with Gasteiger partial charge in [-0.3, -0.25) is 0 Å². The largest absolute Gasteiger partial charge is 0.419 e. The smallest absolute Gasteiger partial charge is 0.388 e. The number of rotatable bonds is 9. The minimum Gasteiger partial charge on any atom is -0.419 e. The molecule has 0 saturated carbocycles. The lowest BCUT2D eigenvalue weighted by atomic mass is 10.0. The first kappa shape index (κ1) is 20.6. The van der Waals surface area contributed by atoms with Crippen LogP contribution in [-0.2, 0) is 16.0 Å². The molecule has 3 N–H and O–H groups in total. The fraction of sp³-hybridized carbons (Fsp3) is 0.444. The molecule has 0 bridgehead atoms. The highest BCUT2D eigenvalue weighted by molar-refractivity contribution is 5.93. The summed E-state index contributed by atoms with van der Waals surface area (Å²) in [5.41, 5.74) is 7.06. The lowest BCUT2D eigenvalue weighted by molar-refractivity contribution is -0.101. The average molecular weight is 407 g/mol. The SMILES string of the molecule is C=CCN/C(=C\C(N)=N/c1cnc2cnn(CC3CCOCC3)c2n1)OC(F)F. The van der Waals surface area contributed by atoms with E-state index in [1.54, 1.807) is 10.9 Å². The number of hydrogen-bond acceptors (Lipinski definition) is 7. The maximum absolute atomic E-state index is 12.5. The molecule has 2 aromatic rings. The van der Waals surface area contributed by atoms with Crippen molar-refractivity contribution in [3.05, 3.63) is 37.0 Å². The molecule has 0 radical (unpaired) electrons. The second-order valence-corrected chi connectivity index (χ2v) is 6.41. The molecule has 1 saturated heterocycles. The summed E-state index contributed by atoms with van der Waals surface area (Å²) >= 11 is 0. The Kier molecular flexibility index (Phi) is 7.06. The van der Waals surface area contributed by atoms with Crippen molar-refractivity contribution >= 4 is 22.8 Å². The maximum atomic E-state index is 12.5. The third-order valence-electron chi connectivity index (χ3n) is 4.26. The molecule has 1 aliphatic rings. The molecule has 2 aromatic heterocycles. The number of hydrogen-bond donors (Lipinski definition) is 2. The molecule has 9 nitrogen and oxygen atoms in total. The van der Waals surface area contributed by atoms with Crippen molar-refractivity contribution in [3.63, 3.8) is 0 Å². The Morgan fingerprint density at radius 1 is 1.45 bits per heavy atom. The van der Waals surface area contributed by atoms with Crippen molar-refractivity contribution < 1.29 is 18.3 Å². The standard InChI is InChI=1S/C18H23F2N7O2/c1-2-5-22-16(29-18(19)20)8-14(21)25-15-10-23-13-9-24-27(17(13)26-15)11-12-3-6-28-7-4-12/h2,8-10,12,18,22H,1,3-7,11H2,(H2,21,25,26)/b16-8+. The molecule has 3 rings (SSSR count). The molecule has 0 atom stereocenters. The summed E-state index contributed by atoms with van der Waals surface area (Å²) < 4.78 is 36.6. The molecule has 0 unspecified atom stereocenters. The zero-order valence-corrected chi connectivity index (χ0v) is 15.8. The van der Waals surface area contributed by atoms with E-state index in [0.29, 0.717) is 23.6 Å². The van der Waals surface area contributed by atoms with Crippen LogP contribution in [0.1, 0.15) is 12.8 Å². The van der Waals surface area contributed by atoms with Crippen LogP contribution in [-0.4, -0.2) is 52.0 Å². The van der Waals surface area contributed by atoms with E-state index < -0.39 is 6.61 Å². The molecular formula is C18H23F2N7O2. The summed E-state index contributed by atoms with van der Waals surface area (Å²) in [6.45, 7) is 2.94. The Bertz CT molecular complexity index is 891. The number of nitrogens with two attached hydrogens (primary N) is 1. The first-order valence-corrected chi connectivity index (χ1v) is 9.17. The fourth-order valence-corrected chi connectivity index (χ4v) is 2.90. The fourth-order valence-electron chi connectivity index (χ4n) is 2.90. The number of fused-ring (bicyclic) bond motifs is 1. The Balaban J connectivity index is 1.79. The zero-order valence-electron chi connectivity index (χ0n) is 15.8. The highest BCUT2D eigenvalue weighted by atomic mass is 19.3. The van der Waals surface area contributed by atoms with Crippen LogP contribution in [0, 0.1) is 5.92 Å². The van der Waals surface area contributed by atoms with Gasteiger partial charge in [-0.2, -0.15) is 13.9 Å². The first-order valence-electron chi connectivity index (χ1n) is 9.17. The van der Waals surface area contributed by atoms with Crippen molar-refractivity contribution in [2.75, 3.05) is 19.8 Å². The molecule has 0 aliphatic carbocycles. The van der Waals surface area contributed by atoms with E-state index in [1.165, 1.54) is 12.3 Å². The normalized spacial score (nSPS) is 16.4. The van der Waals surface area contributed by atoms with Crippen LogP contribution < -0.4 is 11.1 Å². The molecule has 1 aliphatic heterocycles. The lowest BCUT2D eigenvalue weighted by Crippen LogP contribution is -2.21. The van der Waals surface area contributed by atoms with Crippen LogP contribution in [0.15, 0.2) is 42.0 Å². The topological polar surface area (TPSA) is 112 Å². The number of aliphatic imine (C=N–C) groups is 1. The summed E-state index contributed by atoms with van der Waals surface area (Å²) in [4.78, 5) is 12.9. The second-order valence-electron chi connectivity index (χ2n) is 6.41. The van der Waals surface area contributed by atoms with E-state index in [2.05, 4.69) is 36.7 Å². The van der Waals surface area contributed by atoms with Gasteiger partial charge in [-0.05, 0) is 18.8 Å². The Labute approximate surface area is 166 Å². The van der Waals surface area contributed by atoms with Crippen molar-refractivity contribution in [2.24, 2.45) is 16.6 Å². The molecule has 0 spiro atoms. The maximum Gasteiger partial charge on any atom is 0.388 e. The highest BCUT2D eigenvalue weighted by Gasteiger charge is 2.17. The quantitative estimate of drug-likeness (QED) is 0.283. The molecule has 0 amide bonds. The van der Waals surface area contributed by atoms with Gasteiger partial charge >= 0.3 is 6.61 Å². The van der Waals surface area contributed by atoms with Crippen LogP contribution in [0.3, 0.4) is 0 Å². The Morgan fingerprint density at radius 3 is 2.97 bits per heavy atom. The minimum absolute atomic E-state index is 0.0682. The number of amidine groups is 1. The molecule has 29 heavy (non-hydrogen) atoms. The van der Waals surface area contributed by atoms with Gasteiger partial charge in [0.1, 0.15) is 11.4 Å². The molecule has 11 heteroatoms. The van der Waals surface area contributed by atoms with Gasteiger partial charge in [0.2, 0.25) is 0 Å². The van der Waals surface area contributed by atoms with Crippen molar-refractivity contribution in [3.8, 4) is 0 Å². The summed E-state index contributed by atoms with van der Waals surface area (Å²) in [7, 11) is 0. The number of alkyl halides is 2. The van der Waals surface area contributed by atoms with E-state index in [9.17, 15) is 8.78 Å². The first-order chi connectivity index (χ1) is 14.0. The number of halogens is 2. The Hall–Kier alpha value is -3.08. The summed E-state index contributed by atoms with van der Waals surface area (Å²) in [6.07, 6.45) is 7.67. The van der Waals surface area contributed by atoms with Gasteiger partial charge in [-0.15, -0.1) is 6.58 Å². The van der Waals surface area contributed by atoms with Crippen LogP contribution in [0.5, 0.6) is 0 Å². The minimum atomic E-state index is -3.00. The summed E-state index contributed by atoms with van der Waals surface area (Å²) in [5.74, 6) is 0.403. The van der Waals surface area contributed by atoms with Crippen molar-refractivity contribution in [2.45, 2.75) is 26.0 Å². The Morgan fingerprint density at radius 2 is 2.24 bits per heavy atom. The van der Waals surface area contributed by atoms with Gasteiger partial charge in [0.05, 0.1) is 12.4 Å². The van der Waals surface area contributed by atoms with Gasteiger partial charge < -0.3 is 20.5 Å². The van der Waals surface area contributed by atoms with Gasteiger partial charge in [-0.1, -0.05) is 6.08 Å². The van der Waals surface area contributed by atoms with Crippen LogP contribution >= 0.6 is 0 Å². The molecule has 3 heterocycles. The number of ether oxygens (including phenoxy) is 2. The molecule has 0 aromatic carbocycles. The van der Waals surface area contributed by atoms with E-state index >= 15 is 0 Å². The van der Waals surface area contributed by atoms with Crippen LogP contribution in [0.2, 0.25) is 0 Å². The van der Waals surface area contributed by atoms with Gasteiger partial charge in [0.25, 0.3) is 0 Å². The van der Waals surface area contributed by atoms with Gasteiger partial charge in [0.15, 0.2) is 17.3 Å². The van der Waals surface area contributed by atoms with Gasteiger partial charge in [-0.25, -0.2) is 19.6 Å². The van der Waals surface area contributed by atoms with Gasteiger partial charge in [0, 0.05) is 32.4 Å².